The second kappa shape index (κ2) is 8.35. The van der Waals surface area contributed by atoms with Crippen molar-refractivity contribution in [2.24, 2.45) is 0 Å². The Balaban J connectivity index is 2.07. The zero-order chi connectivity index (χ0) is 23.8. The van der Waals surface area contributed by atoms with Gasteiger partial charge in [-0.25, -0.2) is 26.6 Å². The van der Waals surface area contributed by atoms with Gasteiger partial charge < -0.3 is 4.74 Å². The molecule has 0 aliphatic rings. The van der Waals surface area contributed by atoms with Gasteiger partial charge in [0, 0.05) is 6.07 Å². The van der Waals surface area contributed by atoms with Crippen molar-refractivity contribution in [3.63, 3.8) is 0 Å². The maximum Gasteiger partial charge on any atom is 0.435 e. The summed E-state index contributed by atoms with van der Waals surface area (Å²) in [6.45, 7) is 0. The van der Waals surface area contributed by atoms with Crippen LogP contribution in [-0.4, -0.2) is 36.4 Å². The van der Waals surface area contributed by atoms with Crippen LogP contribution >= 0.6 is 11.6 Å². The standard InChI is InChI=1S/C17H10ClF5N4O4S/c1-31-9-3-5-12(10(18)7-9)27-15(17(21,22)23)14(24-26-27)16(28)25-32(29,30)13-6-8(19)2-4-11(13)20/h2-7H,1H3,(H,25,28). The lowest BCUT2D eigenvalue weighted by atomic mass is 10.2. The summed E-state index contributed by atoms with van der Waals surface area (Å²) in [5.74, 6) is -4.25. The monoisotopic (exact) mass is 496 g/mol. The van der Waals surface area contributed by atoms with Crippen LogP contribution < -0.4 is 9.46 Å². The highest BCUT2D eigenvalue weighted by Gasteiger charge is 2.43. The number of halogens is 6. The Labute approximate surface area is 181 Å². The van der Waals surface area contributed by atoms with Crippen LogP contribution in [-0.2, 0) is 16.2 Å². The fourth-order valence-electron chi connectivity index (χ4n) is 2.55. The molecule has 170 valence electrons. The maximum absolute atomic E-state index is 13.8. The van der Waals surface area contributed by atoms with Gasteiger partial charge in [0.15, 0.2) is 11.4 Å². The zero-order valence-corrected chi connectivity index (χ0v) is 17.2. The van der Waals surface area contributed by atoms with E-state index in [-0.39, 0.29) is 27.2 Å². The molecule has 0 fully saturated rings. The first-order valence-electron chi connectivity index (χ1n) is 8.24. The normalized spacial score (nSPS) is 12.0. The molecule has 15 heteroatoms. The summed E-state index contributed by atoms with van der Waals surface area (Å²) in [5, 5.41) is 6.13. The minimum atomic E-state index is -5.24. The van der Waals surface area contributed by atoms with Gasteiger partial charge in [-0.3, -0.25) is 4.79 Å². The van der Waals surface area contributed by atoms with Gasteiger partial charge in [0.25, 0.3) is 15.9 Å². The molecule has 0 saturated carbocycles. The maximum atomic E-state index is 13.8. The number of benzene rings is 2. The van der Waals surface area contributed by atoms with Crippen LogP contribution in [0.2, 0.25) is 5.02 Å². The number of carbonyl (C=O) groups is 1. The van der Waals surface area contributed by atoms with E-state index in [2.05, 4.69) is 10.3 Å². The van der Waals surface area contributed by atoms with Gasteiger partial charge in [-0.1, -0.05) is 16.8 Å². The summed E-state index contributed by atoms with van der Waals surface area (Å²) in [6.07, 6.45) is -5.24. The second-order valence-electron chi connectivity index (χ2n) is 6.02. The molecule has 0 radical (unpaired) electrons. The lowest BCUT2D eigenvalue weighted by molar-refractivity contribution is -0.143. The van der Waals surface area contributed by atoms with E-state index in [1.165, 1.54) is 24.0 Å². The van der Waals surface area contributed by atoms with Gasteiger partial charge in [0.05, 0.1) is 17.8 Å². The molecule has 0 unspecified atom stereocenters. The number of alkyl halides is 3. The fourth-order valence-corrected chi connectivity index (χ4v) is 3.85. The van der Waals surface area contributed by atoms with Gasteiger partial charge in [-0.15, -0.1) is 5.10 Å². The fraction of sp³-hybridized carbons (Fsp3) is 0.118. The third-order valence-electron chi connectivity index (χ3n) is 3.95. The van der Waals surface area contributed by atoms with Crippen molar-refractivity contribution in [1.29, 1.82) is 0 Å². The van der Waals surface area contributed by atoms with Crippen LogP contribution in [0.15, 0.2) is 41.3 Å². The van der Waals surface area contributed by atoms with Crippen molar-refractivity contribution >= 4 is 27.5 Å². The summed E-state index contributed by atoms with van der Waals surface area (Å²) in [7, 11) is -3.80. The average Bonchev–Trinajstić information content (AvgIpc) is 3.15. The molecule has 1 N–H and O–H groups in total. The highest BCUT2D eigenvalue weighted by Crippen LogP contribution is 2.35. The van der Waals surface area contributed by atoms with E-state index in [1.54, 1.807) is 0 Å². The highest BCUT2D eigenvalue weighted by atomic mass is 35.5. The molecule has 2 aromatic carbocycles. The van der Waals surface area contributed by atoms with Crippen molar-refractivity contribution in [3.8, 4) is 11.4 Å². The van der Waals surface area contributed by atoms with Crippen LogP contribution in [0.4, 0.5) is 22.0 Å². The number of aromatic nitrogens is 3. The summed E-state index contributed by atoms with van der Waals surface area (Å²) in [6, 6.07) is 4.88. The van der Waals surface area contributed by atoms with Crippen LogP contribution in [0.1, 0.15) is 16.2 Å². The van der Waals surface area contributed by atoms with E-state index in [0.29, 0.717) is 12.1 Å². The zero-order valence-electron chi connectivity index (χ0n) is 15.6. The molecule has 0 saturated heterocycles. The molecule has 8 nitrogen and oxygen atoms in total. The Morgan fingerprint density at radius 2 is 1.84 bits per heavy atom. The molecule has 1 aromatic heterocycles. The molecule has 1 heterocycles. The number of carbonyl (C=O) groups excluding carboxylic acids is 1. The van der Waals surface area contributed by atoms with E-state index in [0.717, 1.165) is 6.07 Å². The Bertz CT molecular complexity index is 1310. The van der Waals surface area contributed by atoms with E-state index in [4.69, 9.17) is 16.3 Å². The smallest absolute Gasteiger partial charge is 0.435 e. The van der Waals surface area contributed by atoms with Crippen LogP contribution in [0.5, 0.6) is 5.75 Å². The molecular formula is C17H10ClF5N4O4S. The van der Waals surface area contributed by atoms with E-state index < -0.39 is 50.0 Å². The number of amides is 1. The average molecular weight is 497 g/mol. The number of sulfonamides is 1. The number of nitrogens with zero attached hydrogens (tertiary/aromatic N) is 3. The van der Waals surface area contributed by atoms with Gasteiger partial charge in [0.2, 0.25) is 0 Å². The SMILES string of the molecule is COc1ccc(-n2nnc(C(=O)NS(=O)(=O)c3cc(F)ccc3F)c2C(F)(F)F)c(Cl)c1. The molecular weight excluding hydrogens is 487 g/mol. The molecule has 0 atom stereocenters. The van der Waals surface area contributed by atoms with Crippen molar-refractivity contribution < 1.29 is 39.9 Å². The summed E-state index contributed by atoms with van der Waals surface area (Å²) in [4.78, 5) is 11.1. The van der Waals surface area contributed by atoms with Crippen molar-refractivity contribution in [2.75, 3.05) is 7.11 Å². The molecule has 1 amide bonds. The van der Waals surface area contributed by atoms with E-state index in [1.807, 2.05) is 0 Å². The third-order valence-corrected chi connectivity index (χ3v) is 5.60. The van der Waals surface area contributed by atoms with Crippen LogP contribution in [0.25, 0.3) is 5.69 Å². The van der Waals surface area contributed by atoms with Crippen LogP contribution in [0.3, 0.4) is 0 Å². The van der Waals surface area contributed by atoms with Crippen molar-refractivity contribution in [1.82, 2.24) is 19.7 Å². The lowest BCUT2D eigenvalue weighted by Gasteiger charge is -2.13. The van der Waals surface area contributed by atoms with Gasteiger partial charge in [-0.2, -0.15) is 13.2 Å². The van der Waals surface area contributed by atoms with Crippen LogP contribution in [0, 0.1) is 11.6 Å². The Morgan fingerprint density at radius 1 is 1.16 bits per heavy atom. The number of hydrogen-bond acceptors (Lipinski definition) is 6. The minimum Gasteiger partial charge on any atom is -0.497 e. The number of methoxy groups -OCH3 is 1. The largest absolute Gasteiger partial charge is 0.497 e. The van der Waals surface area contributed by atoms with Crippen molar-refractivity contribution in [2.45, 2.75) is 11.1 Å². The summed E-state index contributed by atoms with van der Waals surface area (Å²) >= 11 is 5.96. The number of nitrogens with one attached hydrogen (secondary N) is 1. The topological polar surface area (TPSA) is 103 Å². The number of hydrogen-bond donors (Lipinski definition) is 1. The Kier molecular flexibility index (Phi) is 6.11. The quantitative estimate of drug-likeness (QED) is 0.543. The first-order chi connectivity index (χ1) is 14.8. The second-order valence-corrected chi connectivity index (χ2v) is 8.08. The number of ether oxygens (including phenoxy) is 1. The molecule has 3 rings (SSSR count). The lowest BCUT2D eigenvalue weighted by Crippen LogP contribution is -2.33. The summed E-state index contributed by atoms with van der Waals surface area (Å²) in [5.41, 5.74) is -3.54. The third kappa shape index (κ3) is 4.50. The molecule has 32 heavy (non-hydrogen) atoms. The van der Waals surface area contributed by atoms with E-state index in [9.17, 15) is 35.2 Å². The van der Waals surface area contributed by atoms with Gasteiger partial charge in [-0.05, 0) is 30.3 Å². The summed E-state index contributed by atoms with van der Waals surface area (Å²) < 4.78 is 99.1. The molecule has 0 bridgehead atoms. The predicted octanol–water partition coefficient (Wildman–Crippen LogP) is 3.35. The molecule has 0 aliphatic heterocycles. The molecule has 3 aromatic rings. The Morgan fingerprint density at radius 3 is 2.44 bits per heavy atom. The first-order valence-corrected chi connectivity index (χ1v) is 10.1. The first kappa shape index (κ1) is 23.4. The minimum absolute atomic E-state index is 0.187. The highest BCUT2D eigenvalue weighted by molar-refractivity contribution is 7.90. The molecule has 0 spiro atoms. The Hall–Kier alpha value is -3.26. The molecule has 0 aliphatic carbocycles. The predicted molar refractivity (Wildman–Crippen MR) is 98.9 cm³/mol. The number of rotatable bonds is 5. The van der Waals surface area contributed by atoms with E-state index >= 15 is 0 Å². The van der Waals surface area contributed by atoms with Gasteiger partial charge >= 0.3 is 6.18 Å². The van der Waals surface area contributed by atoms with Crippen molar-refractivity contribution in [3.05, 3.63) is 64.4 Å². The van der Waals surface area contributed by atoms with Gasteiger partial charge in [0.1, 0.15) is 22.3 Å².